The zero-order chi connectivity index (χ0) is 17.3. The number of hydrogen-bond acceptors (Lipinski definition) is 3. The van der Waals surface area contributed by atoms with Gasteiger partial charge >= 0.3 is 0 Å². The van der Waals surface area contributed by atoms with Crippen molar-refractivity contribution < 1.29 is 0 Å². The lowest BCUT2D eigenvalue weighted by Crippen LogP contribution is -1.96. The van der Waals surface area contributed by atoms with E-state index < -0.39 is 0 Å². The SMILES string of the molecule is c1ccc(-c2nc(-c3ccc4ccccc4n3)nc3ccccc23)cc1. The highest BCUT2D eigenvalue weighted by atomic mass is 14.9. The molecule has 0 radical (unpaired) electrons. The second kappa shape index (κ2) is 6.05. The molecule has 0 unspecified atom stereocenters. The zero-order valence-corrected chi connectivity index (χ0v) is 14.0. The Morgan fingerprint density at radius 1 is 0.500 bits per heavy atom. The van der Waals surface area contributed by atoms with Gasteiger partial charge in [0, 0.05) is 16.3 Å². The zero-order valence-electron chi connectivity index (χ0n) is 14.0. The number of benzene rings is 3. The van der Waals surface area contributed by atoms with Gasteiger partial charge in [-0.25, -0.2) is 15.0 Å². The van der Waals surface area contributed by atoms with E-state index in [1.165, 1.54) is 0 Å². The van der Waals surface area contributed by atoms with Crippen molar-refractivity contribution in [2.24, 2.45) is 0 Å². The first-order valence-corrected chi connectivity index (χ1v) is 8.57. The van der Waals surface area contributed by atoms with Crippen LogP contribution in [0, 0.1) is 0 Å². The molecule has 5 rings (SSSR count). The molecule has 0 atom stereocenters. The number of rotatable bonds is 2. The van der Waals surface area contributed by atoms with Gasteiger partial charge in [0.15, 0.2) is 5.82 Å². The van der Waals surface area contributed by atoms with E-state index in [0.717, 1.165) is 38.8 Å². The smallest absolute Gasteiger partial charge is 0.179 e. The first kappa shape index (κ1) is 14.7. The van der Waals surface area contributed by atoms with Gasteiger partial charge in [0.2, 0.25) is 0 Å². The third-order valence-electron chi connectivity index (χ3n) is 4.48. The fourth-order valence-electron chi connectivity index (χ4n) is 3.20. The summed E-state index contributed by atoms with van der Waals surface area (Å²) >= 11 is 0. The van der Waals surface area contributed by atoms with Gasteiger partial charge in [-0.3, -0.25) is 0 Å². The molecule has 2 heterocycles. The minimum absolute atomic E-state index is 0.647. The summed E-state index contributed by atoms with van der Waals surface area (Å²) in [6, 6.07) is 30.5. The van der Waals surface area contributed by atoms with Crippen LogP contribution < -0.4 is 0 Å². The number of hydrogen-bond donors (Lipinski definition) is 0. The topological polar surface area (TPSA) is 38.7 Å². The monoisotopic (exact) mass is 333 g/mol. The lowest BCUT2D eigenvalue weighted by atomic mass is 10.1. The van der Waals surface area contributed by atoms with Crippen LogP contribution >= 0.6 is 0 Å². The van der Waals surface area contributed by atoms with E-state index in [1.807, 2.05) is 60.7 Å². The Morgan fingerprint density at radius 2 is 1.23 bits per heavy atom. The maximum Gasteiger partial charge on any atom is 0.179 e. The van der Waals surface area contributed by atoms with Crippen molar-refractivity contribution in [2.75, 3.05) is 0 Å². The minimum Gasteiger partial charge on any atom is -0.244 e. The molecule has 0 aliphatic carbocycles. The standard InChI is InChI=1S/C23H15N3/c1-2-9-17(10-3-1)22-18-11-5-7-13-20(18)25-23(26-22)21-15-14-16-8-4-6-12-19(16)24-21/h1-15H. The first-order chi connectivity index (χ1) is 12.9. The van der Waals surface area contributed by atoms with E-state index in [1.54, 1.807) is 0 Å². The molecule has 5 aromatic rings. The highest BCUT2D eigenvalue weighted by Crippen LogP contribution is 2.28. The fraction of sp³-hybridized carbons (Fsp3) is 0. The van der Waals surface area contributed by atoms with Gasteiger partial charge in [0.1, 0.15) is 5.69 Å². The van der Waals surface area contributed by atoms with Crippen molar-refractivity contribution in [3.8, 4) is 22.8 Å². The summed E-state index contributed by atoms with van der Waals surface area (Å²) in [5.41, 5.74) is 4.66. The summed E-state index contributed by atoms with van der Waals surface area (Å²) in [4.78, 5) is 14.4. The van der Waals surface area contributed by atoms with Crippen molar-refractivity contribution in [1.82, 2.24) is 15.0 Å². The predicted molar refractivity (Wildman–Crippen MR) is 106 cm³/mol. The van der Waals surface area contributed by atoms with Crippen molar-refractivity contribution in [1.29, 1.82) is 0 Å². The molecule has 0 bridgehead atoms. The fourth-order valence-corrected chi connectivity index (χ4v) is 3.20. The molecule has 0 spiro atoms. The van der Waals surface area contributed by atoms with Crippen LogP contribution in [0.25, 0.3) is 44.6 Å². The number of fused-ring (bicyclic) bond motifs is 2. The highest BCUT2D eigenvalue weighted by molar-refractivity contribution is 5.93. The van der Waals surface area contributed by atoms with Gasteiger partial charge in [-0.05, 0) is 18.2 Å². The van der Waals surface area contributed by atoms with E-state index in [2.05, 4.69) is 30.3 Å². The average Bonchev–Trinajstić information content (AvgIpc) is 2.73. The normalized spacial score (nSPS) is 11.1. The molecule has 0 aliphatic heterocycles. The molecule has 0 saturated heterocycles. The average molecular weight is 333 g/mol. The number of para-hydroxylation sites is 2. The molecule has 2 aromatic heterocycles. The van der Waals surface area contributed by atoms with Crippen LogP contribution in [0.15, 0.2) is 91.0 Å². The summed E-state index contributed by atoms with van der Waals surface area (Å²) in [5.74, 6) is 0.647. The minimum atomic E-state index is 0.647. The molecule has 0 amide bonds. The summed E-state index contributed by atoms with van der Waals surface area (Å²) in [6.45, 7) is 0. The van der Waals surface area contributed by atoms with Crippen LogP contribution in [0.1, 0.15) is 0 Å². The van der Waals surface area contributed by atoms with Gasteiger partial charge in [-0.1, -0.05) is 72.8 Å². The lowest BCUT2D eigenvalue weighted by Gasteiger charge is -2.09. The number of nitrogens with zero attached hydrogens (tertiary/aromatic N) is 3. The molecule has 3 aromatic carbocycles. The molecule has 3 heteroatoms. The second-order valence-electron chi connectivity index (χ2n) is 6.17. The van der Waals surface area contributed by atoms with Crippen LogP contribution in [-0.4, -0.2) is 15.0 Å². The number of aromatic nitrogens is 3. The maximum atomic E-state index is 4.87. The van der Waals surface area contributed by atoms with Gasteiger partial charge < -0.3 is 0 Å². The molecule has 26 heavy (non-hydrogen) atoms. The lowest BCUT2D eigenvalue weighted by molar-refractivity contribution is 1.19. The Balaban J connectivity index is 1.77. The van der Waals surface area contributed by atoms with E-state index >= 15 is 0 Å². The van der Waals surface area contributed by atoms with Crippen molar-refractivity contribution >= 4 is 21.8 Å². The Labute approximate surface area is 151 Å². The molecule has 0 N–H and O–H groups in total. The van der Waals surface area contributed by atoms with Crippen LogP contribution in [-0.2, 0) is 0 Å². The molecule has 0 saturated carbocycles. The van der Waals surface area contributed by atoms with Gasteiger partial charge in [-0.2, -0.15) is 0 Å². The molecule has 3 nitrogen and oxygen atoms in total. The summed E-state index contributed by atoms with van der Waals surface area (Å²) in [7, 11) is 0. The van der Waals surface area contributed by atoms with Crippen LogP contribution in [0.5, 0.6) is 0 Å². The number of pyridine rings is 1. The molecular weight excluding hydrogens is 318 g/mol. The third-order valence-corrected chi connectivity index (χ3v) is 4.48. The molecule has 122 valence electrons. The van der Waals surface area contributed by atoms with Crippen molar-refractivity contribution in [3.05, 3.63) is 91.0 Å². The van der Waals surface area contributed by atoms with E-state index in [0.29, 0.717) is 5.82 Å². The Morgan fingerprint density at radius 3 is 2.12 bits per heavy atom. The Hall–Kier alpha value is -3.59. The van der Waals surface area contributed by atoms with Gasteiger partial charge in [-0.15, -0.1) is 0 Å². The first-order valence-electron chi connectivity index (χ1n) is 8.57. The molecule has 0 fully saturated rings. The van der Waals surface area contributed by atoms with Crippen LogP contribution in [0.4, 0.5) is 0 Å². The third kappa shape index (κ3) is 2.50. The largest absolute Gasteiger partial charge is 0.244 e. The van der Waals surface area contributed by atoms with E-state index in [-0.39, 0.29) is 0 Å². The van der Waals surface area contributed by atoms with E-state index in [4.69, 9.17) is 15.0 Å². The highest BCUT2D eigenvalue weighted by Gasteiger charge is 2.12. The Kier molecular flexibility index (Phi) is 3.42. The molecular formula is C23H15N3. The molecule has 0 aliphatic rings. The van der Waals surface area contributed by atoms with Crippen LogP contribution in [0.3, 0.4) is 0 Å². The predicted octanol–water partition coefficient (Wildman–Crippen LogP) is 5.51. The van der Waals surface area contributed by atoms with Gasteiger partial charge in [0.25, 0.3) is 0 Å². The second-order valence-corrected chi connectivity index (χ2v) is 6.17. The van der Waals surface area contributed by atoms with E-state index in [9.17, 15) is 0 Å². The van der Waals surface area contributed by atoms with Crippen molar-refractivity contribution in [2.45, 2.75) is 0 Å². The Bertz CT molecular complexity index is 1230. The summed E-state index contributed by atoms with van der Waals surface area (Å²) in [6.07, 6.45) is 0. The quantitative estimate of drug-likeness (QED) is 0.427. The van der Waals surface area contributed by atoms with Crippen molar-refractivity contribution in [3.63, 3.8) is 0 Å². The van der Waals surface area contributed by atoms with Crippen LogP contribution in [0.2, 0.25) is 0 Å². The van der Waals surface area contributed by atoms with Gasteiger partial charge in [0.05, 0.1) is 16.7 Å². The summed E-state index contributed by atoms with van der Waals surface area (Å²) < 4.78 is 0. The summed E-state index contributed by atoms with van der Waals surface area (Å²) in [5, 5.41) is 2.16. The maximum absolute atomic E-state index is 4.87.